The van der Waals surface area contributed by atoms with Crippen LogP contribution in [0.5, 0.6) is 11.5 Å². The first-order valence-electron chi connectivity index (χ1n) is 14.0. The number of carbonyl (C=O) groups excluding carboxylic acids is 2. The summed E-state index contributed by atoms with van der Waals surface area (Å²) < 4.78 is 19.3. The third-order valence-corrected chi connectivity index (χ3v) is 7.59. The van der Waals surface area contributed by atoms with E-state index in [1.54, 1.807) is 28.8 Å². The fraction of sp³-hybridized carbons (Fsp3) is 0.200. The fourth-order valence-electron chi connectivity index (χ4n) is 5.44. The first kappa shape index (κ1) is 27.1. The van der Waals surface area contributed by atoms with Gasteiger partial charge in [-0.3, -0.25) is 14.2 Å². The monoisotopic (exact) mass is 560 g/mol. The Balaban J connectivity index is 1.15. The van der Waals surface area contributed by atoms with E-state index in [0.717, 1.165) is 45.7 Å². The molecule has 7 nitrogen and oxygen atoms in total. The van der Waals surface area contributed by atoms with Crippen LogP contribution in [-0.2, 0) is 22.6 Å². The van der Waals surface area contributed by atoms with Crippen LogP contribution < -0.4 is 14.4 Å². The van der Waals surface area contributed by atoms with Gasteiger partial charge in [-0.15, -0.1) is 0 Å². The van der Waals surface area contributed by atoms with Crippen molar-refractivity contribution in [1.29, 1.82) is 0 Å². The van der Waals surface area contributed by atoms with E-state index >= 15 is 0 Å². The molecule has 1 atom stereocenters. The molecule has 2 heterocycles. The lowest BCUT2D eigenvalue weighted by Gasteiger charge is -2.33. The van der Waals surface area contributed by atoms with E-state index in [1.807, 2.05) is 92.8 Å². The van der Waals surface area contributed by atoms with Crippen LogP contribution in [0.2, 0.25) is 0 Å². The van der Waals surface area contributed by atoms with Crippen LogP contribution in [0.15, 0.2) is 103 Å². The molecule has 0 fully saturated rings. The van der Waals surface area contributed by atoms with Crippen molar-refractivity contribution in [3.05, 3.63) is 126 Å². The predicted octanol–water partition coefficient (Wildman–Crippen LogP) is 6.20. The summed E-state index contributed by atoms with van der Waals surface area (Å²) in [4.78, 5) is 28.7. The quantitative estimate of drug-likeness (QED) is 0.211. The van der Waals surface area contributed by atoms with Gasteiger partial charge in [-0.25, -0.2) is 0 Å². The van der Waals surface area contributed by atoms with Gasteiger partial charge in [0.1, 0.15) is 30.8 Å². The molecule has 4 aromatic carbocycles. The summed E-state index contributed by atoms with van der Waals surface area (Å²) in [6, 6.07) is 32.3. The topological polar surface area (TPSA) is 70.0 Å². The van der Waals surface area contributed by atoms with Crippen LogP contribution in [0.25, 0.3) is 10.9 Å². The summed E-state index contributed by atoms with van der Waals surface area (Å²) in [6.07, 6.45) is -0.0345. The summed E-state index contributed by atoms with van der Waals surface area (Å²) in [5.74, 6) is 0.995. The lowest BCUT2D eigenvalue weighted by molar-refractivity contribution is -0.144. The number of likely N-dealkylation sites (N-methyl/N-ethyl adjacent to an activating group) is 1. The lowest BCUT2D eigenvalue weighted by Crippen LogP contribution is -2.41. The van der Waals surface area contributed by atoms with Gasteiger partial charge in [-0.05, 0) is 60.5 Å². The van der Waals surface area contributed by atoms with Gasteiger partial charge in [0.05, 0.1) is 24.2 Å². The van der Waals surface area contributed by atoms with Gasteiger partial charge in [0.15, 0.2) is 0 Å². The molecule has 0 unspecified atom stereocenters. The molecule has 42 heavy (non-hydrogen) atoms. The zero-order chi connectivity index (χ0) is 29.1. The first-order valence-corrected chi connectivity index (χ1v) is 14.0. The molecule has 1 aliphatic rings. The molecule has 1 aliphatic heterocycles. The third-order valence-electron chi connectivity index (χ3n) is 7.59. The Hall–Kier alpha value is -5.04. The number of fused-ring (bicyclic) bond motifs is 2. The Kier molecular flexibility index (Phi) is 7.64. The maximum Gasteiger partial charge on any atom is 0.310 e. The number of aromatic nitrogens is 1. The molecule has 0 saturated heterocycles. The zero-order valence-electron chi connectivity index (χ0n) is 23.7. The number of ether oxygens (including phenoxy) is 3. The van der Waals surface area contributed by atoms with Crippen molar-refractivity contribution in [1.82, 2.24) is 4.57 Å². The number of carbonyl (C=O) groups is 2. The zero-order valence-corrected chi connectivity index (χ0v) is 23.7. The van der Waals surface area contributed by atoms with Crippen molar-refractivity contribution in [2.75, 3.05) is 25.1 Å². The van der Waals surface area contributed by atoms with Gasteiger partial charge in [0, 0.05) is 23.7 Å². The van der Waals surface area contributed by atoms with Crippen molar-refractivity contribution in [2.24, 2.45) is 0 Å². The minimum absolute atomic E-state index is 0.0785. The van der Waals surface area contributed by atoms with E-state index in [-0.39, 0.29) is 31.0 Å². The number of benzene rings is 4. The number of para-hydroxylation sites is 3. The summed E-state index contributed by atoms with van der Waals surface area (Å²) in [5, 5.41) is 0.860. The number of nitrogens with zero attached hydrogens (tertiary/aromatic N) is 2. The van der Waals surface area contributed by atoms with Crippen molar-refractivity contribution < 1.29 is 23.8 Å². The number of hydrogen-bond acceptors (Lipinski definition) is 6. The number of rotatable bonds is 8. The molecule has 0 aliphatic carbocycles. The molecule has 0 radical (unpaired) electrons. The lowest BCUT2D eigenvalue weighted by atomic mass is 10.1. The number of esters is 1. The average molecular weight is 561 g/mol. The maximum absolute atomic E-state index is 13.7. The van der Waals surface area contributed by atoms with E-state index in [9.17, 15) is 9.59 Å². The minimum Gasteiger partial charge on any atom is -0.490 e. The van der Waals surface area contributed by atoms with Gasteiger partial charge < -0.3 is 19.1 Å². The molecule has 212 valence electrons. The standard InChI is InChI=1S/C35H32N2O5/c1-24-30(20-34(38)41-22-25-10-4-3-5-11-25)29-12-6-7-13-31(29)37(24)35(39)26-16-18-27(19-17-26)40-23-28-21-36(2)32-14-8-9-15-33(32)42-28/h3-19,28H,20-23H2,1-2H3/t28-/m0/s1. The van der Waals surface area contributed by atoms with E-state index < -0.39 is 0 Å². The normalized spacial score (nSPS) is 14.2. The molecule has 0 saturated carbocycles. The number of hydrogen-bond donors (Lipinski definition) is 0. The van der Waals surface area contributed by atoms with Crippen molar-refractivity contribution in [3.8, 4) is 11.5 Å². The second-order valence-electron chi connectivity index (χ2n) is 10.5. The van der Waals surface area contributed by atoms with Crippen LogP contribution >= 0.6 is 0 Å². The Bertz CT molecular complexity index is 1730. The summed E-state index contributed by atoms with van der Waals surface area (Å²) >= 11 is 0. The van der Waals surface area contributed by atoms with Crippen LogP contribution in [0, 0.1) is 6.92 Å². The molecule has 6 rings (SSSR count). The van der Waals surface area contributed by atoms with Gasteiger partial charge in [0.25, 0.3) is 5.91 Å². The Morgan fingerprint density at radius 3 is 2.40 bits per heavy atom. The van der Waals surface area contributed by atoms with Crippen molar-refractivity contribution in [3.63, 3.8) is 0 Å². The van der Waals surface area contributed by atoms with Gasteiger partial charge in [-0.1, -0.05) is 60.7 Å². The Morgan fingerprint density at radius 1 is 0.881 bits per heavy atom. The minimum atomic E-state index is -0.338. The number of anilines is 1. The third kappa shape index (κ3) is 5.59. The molecule has 5 aromatic rings. The Labute approximate surface area is 244 Å². The maximum atomic E-state index is 13.7. The molecular weight excluding hydrogens is 528 g/mol. The highest BCUT2D eigenvalue weighted by molar-refractivity contribution is 6.04. The van der Waals surface area contributed by atoms with Gasteiger partial charge in [-0.2, -0.15) is 0 Å². The van der Waals surface area contributed by atoms with Gasteiger partial charge >= 0.3 is 5.97 Å². The van der Waals surface area contributed by atoms with Crippen LogP contribution in [-0.4, -0.2) is 42.7 Å². The molecule has 7 heteroatoms. The highest BCUT2D eigenvalue weighted by atomic mass is 16.5. The van der Waals surface area contributed by atoms with E-state index in [0.29, 0.717) is 17.9 Å². The first-order chi connectivity index (χ1) is 20.5. The summed E-state index contributed by atoms with van der Waals surface area (Å²) in [7, 11) is 2.04. The van der Waals surface area contributed by atoms with Crippen LogP contribution in [0.4, 0.5) is 5.69 Å². The van der Waals surface area contributed by atoms with E-state index in [2.05, 4.69) is 4.90 Å². The van der Waals surface area contributed by atoms with Gasteiger partial charge in [0.2, 0.25) is 0 Å². The summed E-state index contributed by atoms with van der Waals surface area (Å²) in [6.45, 7) is 3.18. The van der Waals surface area contributed by atoms with Crippen molar-refractivity contribution in [2.45, 2.75) is 26.1 Å². The van der Waals surface area contributed by atoms with Crippen molar-refractivity contribution >= 4 is 28.5 Å². The summed E-state index contributed by atoms with van der Waals surface area (Å²) in [5.41, 5.74) is 4.78. The Morgan fingerprint density at radius 2 is 1.60 bits per heavy atom. The second-order valence-corrected chi connectivity index (χ2v) is 10.5. The molecule has 0 spiro atoms. The largest absolute Gasteiger partial charge is 0.490 e. The molecule has 0 amide bonds. The predicted molar refractivity (Wildman–Crippen MR) is 162 cm³/mol. The van der Waals surface area contributed by atoms with E-state index in [4.69, 9.17) is 14.2 Å². The van der Waals surface area contributed by atoms with E-state index in [1.165, 1.54) is 0 Å². The fourth-order valence-corrected chi connectivity index (χ4v) is 5.44. The highest BCUT2D eigenvalue weighted by Crippen LogP contribution is 2.32. The van der Waals surface area contributed by atoms with Crippen LogP contribution in [0.3, 0.4) is 0 Å². The molecule has 1 aromatic heterocycles. The average Bonchev–Trinajstić information content (AvgIpc) is 3.30. The molecular formula is C35H32N2O5. The second kappa shape index (κ2) is 11.8. The highest BCUT2D eigenvalue weighted by Gasteiger charge is 2.24. The molecule has 0 bridgehead atoms. The van der Waals surface area contributed by atoms with Crippen LogP contribution in [0.1, 0.15) is 27.2 Å². The SMILES string of the molecule is Cc1c(CC(=O)OCc2ccccc2)c2ccccc2n1C(=O)c1ccc(OC[C@@H]2CN(C)c3ccccc3O2)cc1. The molecule has 0 N–H and O–H groups in total. The smallest absolute Gasteiger partial charge is 0.310 e.